The van der Waals surface area contributed by atoms with E-state index in [9.17, 15) is 4.79 Å². The molecule has 0 saturated heterocycles. The maximum atomic E-state index is 10.4. The van der Waals surface area contributed by atoms with Gasteiger partial charge in [-0.05, 0) is 13.8 Å². The number of ether oxygens (including phenoxy) is 1. The van der Waals surface area contributed by atoms with Gasteiger partial charge in [-0.1, -0.05) is 23.1 Å². The van der Waals surface area contributed by atoms with Gasteiger partial charge in [0.25, 0.3) is 0 Å². The molecule has 17 heavy (non-hydrogen) atoms. The molecule has 0 radical (unpaired) electrons. The molecule has 1 aromatic rings. The average molecular weight is 277 g/mol. The minimum absolute atomic E-state index is 0.00311. The van der Waals surface area contributed by atoms with Gasteiger partial charge in [-0.3, -0.25) is 4.79 Å². The average Bonchev–Trinajstić information content (AvgIpc) is 2.71. The monoisotopic (exact) mass is 277 g/mol. The molecule has 0 aliphatic carbocycles. The Morgan fingerprint density at radius 1 is 1.65 bits per heavy atom. The number of carbonyl (C=O) groups is 1. The number of hydrogen-bond acceptors (Lipinski definition) is 7. The van der Waals surface area contributed by atoms with E-state index in [1.54, 1.807) is 0 Å². The van der Waals surface area contributed by atoms with Crippen LogP contribution in [0.2, 0.25) is 0 Å². The highest BCUT2D eigenvalue weighted by Gasteiger charge is 2.09. The number of carboxylic acid groups (broad SMARTS) is 1. The third-order valence-electron chi connectivity index (χ3n) is 1.67. The molecule has 0 spiro atoms. The molecule has 0 aromatic carbocycles. The molecule has 1 atom stereocenters. The Bertz CT molecular complexity index is 359. The highest BCUT2D eigenvalue weighted by atomic mass is 32.2. The summed E-state index contributed by atoms with van der Waals surface area (Å²) >= 11 is 2.52. The Balaban J connectivity index is 2.37. The first-order valence-electron chi connectivity index (χ1n) is 5.14. The van der Waals surface area contributed by atoms with Crippen molar-refractivity contribution in [2.75, 3.05) is 24.3 Å². The number of hydrogen-bond donors (Lipinski definition) is 2. The summed E-state index contributed by atoms with van der Waals surface area (Å²) in [5.41, 5.74) is 0. The molecule has 0 saturated carbocycles. The smallest absolute Gasteiger partial charge is 0.313 e. The zero-order chi connectivity index (χ0) is 12.7. The van der Waals surface area contributed by atoms with E-state index >= 15 is 0 Å². The van der Waals surface area contributed by atoms with Crippen molar-refractivity contribution in [3.63, 3.8) is 0 Å². The van der Waals surface area contributed by atoms with Crippen molar-refractivity contribution in [1.82, 2.24) is 10.2 Å². The van der Waals surface area contributed by atoms with Gasteiger partial charge < -0.3 is 15.2 Å². The quantitative estimate of drug-likeness (QED) is 0.697. The van der Waals surface area contributed by atoms with Crippen LogP contribution in [0.3, 0.4) is 0 Å². The van der Waals surface area contributed by atoms with Crippen molar-refractivity contribution in [2.24, 2.45) is 0 Å². The van der Waals surface area contributed by atoms with Crippen LogP contribution in [0, 0.1) is 0 Å². The second kappa shape index (κ2) is 7.46. The summed E-state index contributed by atoms with van der Waals surface area (Å²) in [4.78, 5) is 10.4. The normalized spacial score (nSPS) is 12.4. The molecule has 1 heterocycles. The fraction of sp³-hybridized carbons (Fsp3) is 0.667. The van der Waals surface area contributed by atoms with E-state index in [0.29, 0.717) is 22.7 Å². The number of carboxylic acids is 1. The van der Waals surface area contributed by atoms with Crippen LogP contribution in [0.5, 0.6) is 0 Å². The lowest BCUT2D eigenvalue weighted by atomic mass is 10.4. The van der Waals surface area contributed by atoms with E-state index in [0.717, 1.165) is 0 Å². The number of aliphatic carboxylic acids is 1. The standard InChI is InChI=1S/C9H15N3O3S2/c1-3-15-4-6(2)10-8-11-12-9(17-8)16-5-7(13)14/h6H,3-5H2,1-2H3,(H,10,11)(H,13,14). The van der Waals surface area contributed by atoms with Crippen LogP contribution in [-0.2, 0) is 9.53 Å². The molecule has 8 heteroatoms. The van der Waals surface area contributed by atoms with Crippen LogP contribution < -0.4 is 5.32 Å². The van der Waals surface area contributed by atoms with Gasteiger partial charge in [0.2, 0.25) is 5.13 Å². The highest BCUT2D eigenvalue weighted by Crippen LogP contribution is 2.25. The molecule has 96 valence electrons. The van der Waals surface area contributed by atoms with Crippen LogP contribution in [0.25, 0.3) is 0 Å². The number of nitrogens with zero attached hydrogens (tertiary/aromatic N) is 2. The van der Waals surface area contributed by atoms with Crippen LogP contribution >= 0.6 is 23.1 Å². The summed E-state index contributed by atoms with van der Waals surface area (Å²) in [6.45, 7) is 5.22. The fourth-order valence-corrected chi connectivity index (χ4v) is 2.58. The van der Waals surface area contributed by atoms with Crippen LogP contribution in [-0.4, -0.2) is 46.3 Å². The molecule has 1 rings (SSSR count). The second-order valence-electron chi connectivity index (χ2n) is 3.26. The van der Waals surface area contributed by atoms with E-state index in [1.807, 2.05) is 13.8 Å². The molecular formula is C9H15N3O3S2. The lowest BCUT2D eigenvalue weighted by molar-refractivity contribution is -0.133. The minimum atomic E-state index is -0.857. The minimum Gasteiger partial charge on any atom is -0.481 e. The number of thioether (sulfide) groups is 1. The Hall–Kier alpha value is -0.860. The molecule has 0 amide bonds. The molecule has 6 nitrogen and oxygen atoms in total. The van der Waals surface area contributed by atoms with Crippen molar-refractivity contribution in [2.45, 2.75) is 24.2 Å². The molecule has 2 N–H and O–H groups in total. The summed E-state index contributed by atoms with van der Waals surface area (Å²) in [6.07, 6.45) is 0. The van der Waals surface area contributed by atoms with Crippen molar-refractivity contribution in [3.8, 4) is 0 Å². The predicted molar refractivity (Wildman–Crippen MR) is 67.8 cm³/mol. The zero-order valence-electron chi connectivity index (χ0n) is 9.67. The Morgan fingerprint density at radius 3 is 3.06 bits per heavy atom. The van der Waals surface area contributed by atoms with E-state index < -0.39 is 5.97 Å². The molecule has 0 aliphatic rings. The first-order valence-corrected chi connectivity index (χ1v) is 6.94. The van der Waals surface area contributed by atoms with Gasteiger partial charge in [0.1, 0.15) is 0 Å². The molecule has 0 bridgehead atoms. The third kappa shape index (κ3) is 5.85. The number of nitrogens with one attached hydrogen (secondary N) is 1. The third-order valence-corrected chi connectivity index (χ3v) is 3.64. The van der Waals surface area contributed by atoms with Crippen molar-refractivity contribution < 1.29 is 14.6 Å². The lowest BCUT2D eigenvalue weighted by Crippen LogP contribution is -2.21. The van der Waals surface area contributed by atoms with Gasteiger partial charge >= 0.3 is 5.97 Å². The second-order valence-corrected chi connectivity index (χ2v) is 5.46. The van der Waals surface area contributed by atoms with Crippen LogP contribution in [0.4, 0.5) is 5.13 Å². The van der Waals surface area contributed by atoms with Gasteiger partial charge in [-0.15, -0.1) is 10.2 Å². The van der Waals surface area contributed by atoms with Gasteiger partial charge in [0.15, 0.2) is 4.34 Å². The summed E-state index contributed by atoms with van der Waals surface area (Å²) in [5, 5.41) is 20.2. The van der Waals surface area contributed by atoms with E-state index in [1.165, 1.54) is 23.1 Å². The number of rotatable bonds is 8. The molecule has 0 aliphatic heterocycles. The fourth-order valence-electron chi connectivity index (χ4n) is 0.997. The topological polar surface area (TPSA) is 84.3 Å². The maximum absolute atomic E-state index is 10.4. The van der Waals surface area contributed by atoms with Crippen LogP contribution in [0.1, 0.15) is 13.8 Å². The van der Waals surface area contributed by atoms with Gasteiger partial charge in [-0.25, -0.2) is 0 Å². The molecule has 1 unspecified atom stereocenters. The van der Waals surface area contributed by atoms with Gasteiger partial charge in [0.05, 0.1) is 12.4 Å². The number of anilines is 1. The summed E-state index contributed by atoms with van der Waals surface area (Å²) < 4.78 is 5.92. The first kappa shape index (κ1) is 14.2. The Labute approximate surface area is 108 Å². The maximum Gasteiger partial charge on any atom is 0.313 e. The highest BCUT2D eigenvalue weighted by molar-refractivity contribution is 8.01. The van der Waals surface area contributed by atoms with Crippen molar-refractivity contribution >= 4 is 34.2 Å². The van der Waals surface area contributed by atoms with Crippen molar-refractivity contribution in [3.05, 3.63) is 0 Å². The SMILES string of the molecule is CCOCC(C)Nc1nnc(SCC(=O)O)s1. The van der Waals surface area contributed by atoms with E-state index in [-0.39, 0.29) is 11.8 Å². The Kier molecular flexibility index (Phi) is 6.23. The van der Waals surface area contributed by atoms with Gasteiger partial charge in [0, 0.05) is 12.6 Å². The lowest BCUT2D eigenvalue weighted by Gasteiger charge is -2.11. The van der Waals surface area contributed by atoms with Crippen LogP contribution in [0.15, 0.2) is 4.34 Å². The molecular weight excluding hydrogens is 262 g/mol. The Morgan fingerprint density at radius 2 is 2.41 bits per heavy atom. The first-order chi connectivity index (χ1) is 8.11. The summed E-state index contributed by atoms with van der Waals surface area (Å²) in [6, 6.07) is 0.153. The number of aromatic nitrogens is 2. The predicted octanol–water partition coefficient (Wildman–Crippen LogP) is 1.55. The largest absolute Gasteiger partial charge is 0.481 e. The van der Waals surface area contributed by atoms with E-state index in [4.69, 9.17) is 9.84 Å². The van der Waals surface area contributed by atoms with Gasteiger partial charge in [-0.2, -0.15) is 0 Å². The molecule has 1 aromatic heterocycles. The zero-order valence-corrected chi connectivity index (χ0v) is 11.3. The summed E-state index contributed by atoms with van der Waals surface area (Å²) in [7, 11) is 0. The van der Waals surface area contributed by atoms with Crippen molar-refractivity contribution in [1.29, 1.82) is 0 Å². The summed E-state index contributed by atoms with van der Waals surface area (Å²) in [5.74, 6) is -0.854. The van der Waals surface area contributed by atoms with E-state index in [2.05, 4.69) is 15.5 Å². The molecule has 0 fully saturated rings.